The highest BCUT2D eigenvalue weighted by Gasteiger charge is 2.29. The topological polar surface area (TPSA) is 79.0 Å². The smallest absolute Gasteiger partial charge is 0.321 e. The minimum Gasteiger partial charge on any atom is -0.466 e. The highest BCUT2D eigenvalue weighted by Crippen LogP contribution is 2.29. The average Bonchev–Trinajstić information content (AvgIpc) is 2.90. The minimum absolute atomic E-state index is 0.0118. The van der Waals surface area contributed by atoms with Crippen molar-refractivity contribution in [3.05, 3.63) is 64.7 Å². The lowest BCUT2D eigenvalue weighted by Gasteiger charge is -2.33. The van der Waals surface area contributed by atoms with E-state index in [0.717, 1.165) is 18.4 Å². The first-order valence-corrected chi connectivity index (χ1v) is 12.7. The van der Waals surface area contributed by atoms with E-state index in [4.69, 9.17) is 16.3 Å². The number of hydrogen-bond donors (Lipinski definition) is 1. The maximum absolute atomic E-state index is 13.2. The van der Waals surface area contributed by atoms with Crippen molar-refractivity contribution in [2.75, 3.05) is 38.1 Å². The van der Waals surface area contributed by atoms with E-state index in [9.17, 15) is 14.4 Å². The fraction of sp³-hybridized carbons (Fsp3) is 0.444. The summed E-state index contributed by atoms with van der Waals surface area (Å²) >= 11 is 5.93. The Labute approximate surface area is 211 Å². The Bertz CT molecular complexity index is 1050. The van der Waals surface area contributed by atoms with Crippen molar-refractivity contribution in [3.63, 3.8) is 0 Å². The second-order valence-electron chi connectivity index (χ2n) is 9.17. The summed E-state index contributed by atoms with van der Waals surface area (Å²) in [6, 6.07) is 14.7. The fourth-order valence-corrected chi connectivity index (χ4v) is 4.98. The molecule has 2 aromatic rings. The summed E-state index contributed by atoms with van der Waals surface area (Å²) in [7, 11) is 0. The molecule has 0 aromatic heterocycles. The summed E-state index contributed by atoms with van der Waals surface area (Å²) < 4.78 is 5.13. The van der Waals surface area contributed by atoms with Crippen molar-refractivity contribution in [2.45, 2.75) is 38.5 Å². The van der Waals surface area contributed by atoms with Gasteiger partial charge in [0.25, 0.3) is 5.91 Å². The predicted octanol–water partition coefficient (Wildman–Crippen LogP) is 5.17. The second-order valence-corrected chi connectivity index (χ2v) is 9.60. The molecule has 1 unspecified atom stereocenters. The number of carbonyl (C=O) groups excluding carboxylic acids is 3. The van der Waals surface area contributed by atoms with Gasteiger partial charge in [0.15, 0.2) is 0 Å². The molecule has 2 aromatic carbocycles. The summed E-state index contributed by atoms with van der Waals surface area (Å²) in [6.07, 6.45) is 3.13. The van der Waals surface area contributed by atoms with Gasteiger partial charge in [-0.05, 0) is 74.6 Å². The van der Waals surface area contributed by atoms with Crippen molar-refractivity contribution in [1.82, 2.24) is 9.80 Å². The zero-order valence-corrected chi connectivity index (χ0v) is 20.8. The molecule has 0 radical (unpaired) electrons. The lowest BCUT2D eigenvalue weighted by molar-refractivity contribution is -0.149. The molecule has 2 aliphatic heterocycles. The number of urea groups is 1. The van der Waals surface area contributed by atoms with Gasteiger partial charge in [-0.1, -0.05) is 23.7 Å². The fourth-order valence-electron chi connectivity index (χ4n) is 4.86. The van der Waals surface area contributed by atoms with Gasteiger partial charge in [-0.25, -0.2) is 4.79 Å². The van der Waals surface area contributed by atoms with E-state index in [0.29, 0.717) is 61.9 Å². The Balaban J connectivity index is 1.36. The van der Waals surface area contributed by atoms with E-state index in [-0.39, 0.29) is 29.7 Å². The summed E-state index contributed by atoms with van der Waals surface area (Å²) in [5.74, 6) is -0.134. The van der Waals surface area contributed by atoms with Crippen LogP contribution >= 0.6 is 11.6 Å². The molecule has 2 saturated heterocycles. The third kappa shape index (κ3) is 6.34. The molecular weight excluding hydrogens is 466 g/mol. The Morgan fingerprint density at radius 1 is 1.00 bits per heavy atom. The minimum atomic E-state index is -0.163. The predicted molar refractivity (Wildman–Crippen MR) is 136 cm³/mol. The zero-order chi connectivity index (χ0) is 24.8. The average molecular weight is 498 g/mol. The molecule has 1 N–H and O–H groups in total. The Kier molecular flexibility index (Phi) is 8.29. The Morgan fingerprint density at radius 2 is 1.74 bits per heavy atom. The van der Waals surface area contributed by atoms with Gasteiger partial charge in [0.05, 0.1) is 12.5 Å². The van der Waals surface area contributed by atoms with E-state index < -0.39 is 0 Å². The third-order valence-corrected chi connectivity index (χ3v) is 7.06. The number of benzene rings is 2. The molecule has 0 saturated carbocycles. The molecule has 3 amide bonds. The number of ether oxygens (including phenoxy) is 1. The summed E-state index contributed by atoms with van der Waals surface area (Å²) in [4.78, 5) is 41.6. The third-order valence-electron chi connectivity index (χ3n) is 6.81. The number of anilines is 1. The number of amides is 3. The molecular formula is C27H32ClN3O4. The van der Waals surface area contributed by atoms with Crippen molar-refractivity contribution in [1.29, 1.82) is 0 Å². The monoisotopic (exact) mass is 497 g/mol. The number of esters is 1. The van der Waals surface area contributed by atoms with E-state index in [1.165, 1.54) is 0 Å². The molecule has 0 aliphatic carbocycles. The van der Waals surface area contributed by atoms with Crippen LogP contribution in [0.2, 0.25) is 5.02 Å². The van der Waals surface area contributed by atoms with Crippen LogP contribution in [0.5, 0.6) is 0 Å². The molecule has 35 heavy (non-hydrogen) atoms. The summed E-state index contributed by atoms with van der Waals surface area (Å²) in [5, 5.41) is 3.56. The zero-order valence-electron chi connectivity index (χ0n) is 20.0. The van der Waals surface area contributed by atoms with Gasteiger partial charge in [-0.2, -0.15) is 0 Å². The molecule has 4 rings (SSSR count). The van der Waals surface area contributed by atoms with Gasteiger partial charge in [0, 0.05) is 48.4 Å². The maximum Gasteiger partial charge on any atom is 0.321 e. The van der Waals surface area contributed by atoms with Crippen LogP contribution in [0.15, 0.2) is 48.5 Å². The standard InChI is InChI=1S/C27H32ClN3O4/c1-2-35-26(33)19-12-15-30(16-13-19)25(32)21-6-3-5-20(17-21)22-7-4-14-31(18-22)27(34)29-24-10-8-23(28)9-11-24/h3,5-6,8-11,17,19,22H,2,4,7,12-16,18H2,1H3,(H,29,34). The van der Waals surface area contributed by atoms with Crippen molar-refractivity contribution in [2.24, 2.45) is 5.92 Å². The van der Waals surface area contributed by atoms with E-state index in [2.05, 4.69) is 5.32 Å². The largest absolute Gasteiger partial charge is 0.466 e. The maximum atomic E-state index is 13.2. The Morgan fingerprint density at radius 3 is 2.46 bits per heavy atom. The molecule has 7 nitrogen and oxygen atoms in total. The Hall–Kier alpha value is -3.06. The number of halogens is 1. The molecule has 2 fully saturated rings. The molecule has 0 bridgehead atoms. The van der Waals surface area contributed by atoms with E-state index in [1.807, 2.05) is 34.1 Å². The van der Waals surface area contributed by atoms with Crippen LogP contribution in [0.4, 0.5) is 10.5 Å². The quantitative estimate of drug-likeness (QED) is 0.578. The number of rotatable bonds is 5. The van der Waals surface area contributed by atoms with Crippen LogP contribution in [0, 0.1) is 5.92 Å². The van der Waals surface area contributed by atoms with Gasteiger partial charge in [0.2, 0.25) is 0 Å². The van der Waals surface area contributed by atoms with Crippen molar-refractivity contribution >= 4 is 35.2 Å². The number of piperidine rings is 2. The summed E-state index contributed by atoms with van der Waals surface area (Å²) in [6.45, 7) is 4.59. The molecule has 186 valence electrons. The van der Waals surface area contributed by atoms with Gasteiger partial charge in [-0.15, -0.1) is 0 Å². The highest BCUT2D eigenvalue weighted by atomic mass is 35.5. The first-order chi connectivity index (χ1) is 16.9. The van der Waals surface area contributed by atoms with Gasteiger partial charge in [0.1, 0.15) is 0 Å². The van der Waals surface area contributed by atoms with Crippen LogP contribution in [0.25, 0.3) is 0 Å². The van der Waals surface area contributed by atoms with Gasteiger partial charge < -0.3 is 19.9 Å². The van der Waals surface area contributed by atoms with Crippen LogP contribution in [-0.2, 0) is 9.53 Å². The van der Waals surface area contributed by atoms with Crippen molar-refractivity contribution in [3.8, 4) is 0 Å². The molecule has 2 aliphatic rings. The number of nitrogens with zero attached hydrogens (tertiary/aromatic N) is 2. The molecule has 2 heterocycles. The number of likely N-dealkylation sites (tertiary alicyclic amines) is 2. The summed E-state index contributed by atoms with van der Waals surface area (Å²) in [5.41, 5.74) is 2.43. The number of hydrogen-bond acceptors (Lipinski definition) is 4. The van der Waals surface area contributed by atoms with Crippen LogP contribution in [0.3, 0.4) is 0 Å². The normalized spacial score (nSPS) is 18.7. The SMILES string of the molecule is CCOC(=O)C1CCN(C(=O)c2cccc(C3CCCN(C(=O)Nc4ccc(Cl)cc4)C3)c2)CC1. The van der Waals surface area contributed by atoms with E-state index in [1.54, 1.807) is 31.2 Å². The molecule has 1 atom stereocenters. The highest BCUT2D eigenvalue weighted by molar-refractivity contribution is 6.30. The number of nitrogens with one attached hydrogen (secondary N) is 1. The van der Waals surface area contributed by atoms with E-state index >= 15 is 0 Å². The van der Waals surface area contributed by atoms with Gasteiger partial charge >= 0.3 is 12.0 Å². The number of carbonyl (C=O) groups is 3. The first kappa shape index (κ1) is 25.0. The van der Waals surface area contributed by atoms with Crippen LogP contribution in [0.1, 0.15) is 54.4 Å². The second kappa shape index (κ2) is 11.6. The van der Waals surface area contributed by atoms with Crippen LogP contribution in [-0.4, -0.2) is 60.5 Å². The first-order valence-electron chi connectivity index (χ1n) is 12.3. The van der Waals surface area contributed by atoms with Crippen molar-refractivity contribution < 1.29 is 19.1 Å². The molecule has 0 spiro atoms. The van der Waals surface area contributed by atoms with Crippen LogP contribution < -0.4 is 5.32 Å². The van der Waals surface area contributed by atoms with Gasteiger partial charge in [-0.3, -0.25) is 9.59 Å². The molecule has 8 heteroatoms. The lowest BCUT2D eigenvalue weighted by Crippen LogP contribution is -2.42. The lowest BCUT2D eigenvalue weighted by atomic mass is 9.89.